The number of nitrogens with one attached hydrogen (secondary N) is 1. The van der Waals surface area contributed by atoms with E-state index in [-0.39, 0.29) is 0 Å². The van der Waals surface area contributed by atoms with Crippen molar-refractivity contribution in [2.45, 2.75) is 5.03 Å². The van der Waals surface area contributed by atoms with Gasteiger partial charge in [0, 0.05) is 19.2 Å². The highest BCUT2D eigenvalue weighted by molar-refractivity contribution is 7.98. The third kappa shape index (κ3) is 3.93. The molecule has 14 heavy (non-hydrogen) atoms. The number of hydrogen-bond acceptors (Lipinski definition) is 5. The highest BCUT2D eigenvalue weighted by Crippen LogP contribution is 2.13. The van der Waals surface area contributed by atoms with Crippen molar-refractivity contribution in [1.82, 2.24) is 14.9 Å². The lowest BCUT2D eigenvalue weighted by molar-refractivity contribution is 0.425. The van der Waals surface area contributed by atoms with Crippen LogP contribution < -0.4 is 5.32 Å². The Morgan fingerprint density at radius 1 is 1.43 bits per heavy atom. The number of aromatic nitrogens is 2. The normalized spacial score (nSPS) is 10.6. The molecule has 1 heterocycles. The number of anilines is 1. The van der Waals surface area contributed by atoms with E-state index in [1.54, 1.807) is 18.1 Å². The van der Waals surface area contributed by atoms with Crippen molar-refractivity contribution in [3.63, 3.8) is 0 Å². The molecule has 0 spiro atoms. The van der Waals surface area contributed by atoms with Crippen LogP contribution in [0.25, 0.3) is 0 Å². The summed E-state index contributed by atoms with van der Waals surface area (Å²) >= 11 is 1.62. The third-order valence-electron chi connectivity index (χ3n) is 1.72. The van der Waals surface area contributed by atoms with Gasteiger partial charge in [-0.1, -0.05) is 0 Å². The minimum Gasteiger partial charge on any atom is -0.369 e. The molecule has 4 nitrogen and oxygen atoms in total. The molecule has 0 radical (unpaired) electrons. The fourth-order valence-corrected chi connectivity index (χ4v) is 1.34. The Bertz CT molecular complexity index is 277. The quantitative estimate of drug-likeness (QED) is 0.586. The van der Waals surface area contributed by atoms with E-state index in [0.29, 0.717) is 0 Å². The van der Waals surface area contributed by atoms with Gasteiger partial charge in [0.05, 0.1) is 0 Å². The van der Waals surface area contributed by atoms with Crippen LogP contribution >= 0.6 is 11.8 Å². The lowest BCUT2D eigenvalue weighted by Gasteiger charge is -2.10. The Labute approximate surface area is 89.1 Å². The van der Waals surface area contributed by atoms with Crippen LogP contribution in [-0.2, 0) is 0 Å². The zero-order valence-corrected chi connectivity index (χ0v) is 9.64. The minimum absolute atomic E-state index is 0.895. The first kappa shape index (κ1) is 11.3. The second kappa shape index (κ2) is 5.82. The summed E-state index contributed by atoms with van der Waals surface area (Å²) in [7, 11) is 4.10. The maximum atomic E-state index is 4.13. The van der Waals surface area contributed by atoms with Gasteiger partial charge in [-0.15, -0.1) is 11.8 Å². The largest absolute Gasteiger partial charge is 0.369 e. The van der Waals surface area contributed by atoms with Crippen molar-refractivity contribution in [2.75, 3.05) is 38.8 Å². The van der Waals surface area contributed by atoms with E-state index in [1.165, 1.54) is 0 Å². The van der Waals surface area contributed by atoms with E-state index >= 15 is 0 Å². The predicted molar refractivity (Wildman–Crippen MR) is 60.9 cm³/mol. The van der Waals surface area contributed by atoms with Crippen LogP contribution in [0, 0.1) is 0 Å². The molecule has 0 fully saturated rings. The Balaban J connectivity index is 2.42. The molecule has 0 aromatic carbocycles. The molecule has 1 aromatic heterocycles. The predicted octanol–water partition coefficient (Wildman–Crippen LogP) is 1.17. The average molecular weight is 212 g/mol. The van der Waals surface area contributed by atoms with Gasteiger partial charge in [-0.3, -0.25) is 0 Å². The van der Waals surface area contributed by atoms with Crippen molar-refractivity contribution in [2.24, 2.45) is 0 Å². The van der Waals surface area contributed by atoms with Crippen molar-refractivity contribution in [3.05, 3.63) is 12.4 Å². The molecule has 1 N–H and O–H groups in total. The van der Waals surface area contributed by atoms with Gasteiger partial charge in [-0.05, 0) is 20.4 Å². The summed E-state index contributed by atoms with van der Waals surface area (Å²) in [4.78, 5) is 10.4. The lowest BCUT2D eigenvalue weighted by atomic mass is 10.5. The van der Waals surface area contributed by atoms with E-state index in [2.05, 4.69) is 34.3 Å². The van der Waals surface area contributed by atoms with Crippen LogP contribution in [0.1, 0.15) is 0 Å². The van der Waals surface area contributed by atoms with Crippen LogP contribution in [0.4, 0.5) is 5.82 Å². The standard InChI is InChI=1S/C9H16N4S/c1-13(2)5-4-10-8-6-9(14-3)12-7-11-8/h6-7H,4-5H2,1-3H3,(H,10,11,12). The molecule has 0 aliphatic heterocycles. The summed E-state index contributed by atoms with van der Waals surface area (Å²) in [5, 5.41) is 4.24. The Kier molecular flexibility index (Phi) is 4.69. The van der Waals surface area contributed by atoms with Crippen LogP contribution in [0.2, 0.25) is 0 Å². The molecule has 5 heteroatoms. The maximum Gasteiger partial charge on any atom is 0.130 e. The van der Waals surface area contributed by atoms with Gasteiger partial charge in [0.1, 0.15) is 17.2 Å². The van der Waals surface area contributed by atoms with Gasteiger partial charge in [0.15, 0.2) is 0 Å². The number of thioether (sulfide) groups is 1. The molecule has 0 saturated carbocycles. The van der Waals surface area contributed by atoms with Gasteiger partial charge in [0.2, 0.25) is 0 Å². The molecule has 0 aliphatic rings. The number of hydrogen-bond donors (Lipinski definition) is 1. The summed E-state index contributed by atoms with van der Waals surface area (Å²) < 4.78 is 0. The molecule has 0 saturated heterocycles. The first-order chi connectivity index (χ1) is 6.72. The zero-order valence-electron chi connectivity index (χ0n) is 8.82. The molecule has 78 valence electrons. The van der Waals surface area contributed by atoms with Crippen LogP contribution in [0.5, 0.6) is 0 Å². The minimum atomic E-state index is 0.895. The third-order valence-corrected chi connectivity index (χ3v) is 2.36. The number of rotatable bonds is 5. The van der Waals surface area contributed by atoms with E-state index in [4.69, 9.17) is 0 Å². The van der Waals surface area contributed by atoms with E-state index in [9.17, 15) is 0 Å². The fraction of sp³-hybridized carbons (Fsp3) is 0.556. The second-order valence-corrected chi connectivity index (χ2v) is 4.00. The molecule has 0 amide bonds. The molecule has 0 atom stereocenters. The van der Waals surface area contributed by atoms with Crippen molar-refractivity contribution < 1.29 is 0 Å². The molecule has 0 bridgehead atoms. The Morgan fingerprint density at radius 3 is 2.86 bits per heavy atom. The fourth-order valence-electron chi connectivity index (χ4n) is 0.955. The van der Waals surface area contributed by atoms with Gasteiger partial charge in [-0.25, -0.2) is 9.97 Å². The van der Waals surface area contributed by atoms with Crippen LogP contribution in [0.3, 0.4) is 0 Å². The van der Waals surface area contributed by atoms with Crippen LogP contribution in [-0.4, -0.2) is 48.3 Å². The molecule has 1 rings (SSSR count). The first-order valence-electron chi connectivity index (χ1n) is 4.47. The van der Waals surface area contributed by atoms with Crippen molar-refractivity contribution in [1.29, 1.82) is 0 Å². The number of nitrogens with zero attached hydrogens (tertiary/aromatic N) is 3. The second-order valence-electron chi connectivity index (χ2n) is 3.18. The van der Waals surface area contributed by atoms with Crippen molar-refractivity contribution >= 4 is 17.6 Å². The Morgan fingerprint density at radius 2 is 2.21 bits per heavy atom. The molecule has 0 aliphatic carbocycles. The summed E-state index contributed by atoms with van der Waals surface area (Å²) in [5.74, 6) is 0.895. The van der Waals surface area contributed by atoms with Gasteiger partial charge in [-0.2, -0.15) is 0 Å². The summed E-state index contributed by atoms with van der Waals surface area (Å²) in [6, 6.07) is 1.96. The van der Waals surface area contributed by atoms with Crippen LogP contribution in [0.15, 0.2) is 17.4 Å². The first-order valence-corrected chi connectivity index (χ1v) is 5.69. The molecule has 0 unspecified atom stereocenters. The molecule has 1 aromatic rings. The smallest absolute Gasteiger partial charge is 0.130 e. The zero-order chi connectivity index (χ0) is 10.4. The summed E-state index contributed by atoms with van der Waals surface area (Å²) in [6.45, 7) is 1.90. The average Bonchev–Trinajstić information content (AvgIpc) is 2.18. The van der Waals surface area contributed by atoms with E-state index < -0.39 is 0 Å². The number of likely N-dealkylation sites (N-methyl/N-ethyl adjacent to an activating group) is 1. The lowest BCUT2D eigenvalue weighted by Crippen LogP contribution is -2.21. The maximum absolute atomic E-state index is 4.13. The monoisotopic (exact) mass is 212 g/mol. The summed E-state index contributed by atoms with van der Waals surface area (Å²) in [5.41, 5.74) is 0. The highest BCUT2D eigenvalue weighted by atomic mass is 32.2. The van der Waals surface area contributed by atoms with Crippen molar-refractivity contribution in [3.8, 4) is 0 Å². The summed E-state index contributed by atoms with van der Waals surface area (Å²) in [6.07, 6.45) is 3.59. The highest BCUT2D eigenvalue weighted by Gasteiger charge is 1.96. The van der Waals surface area contributed by atoms with Gasteiger partial charge < -0.3 is 10.2 Å². The topological polar surface area (TPSA) is 41.0 Å². The molecular weight excluding hydrogens is 196 g/mol. The SMILES string of the molecule is CSc1cc(NCCN(C)C)ncn1. The van der Waals surface area contributed by atoms with Gasteiger partial charge in [0.25, 0.3) is 0 Å². The Hall–Kier alpha value is -0.810. The van der Waals surface area contributed by atoms with E-state index in [1.807, 2.05) is 12.3 Å². The van der Waals surface area contributed by atoms with Gasteiger partial charge >= 0.3 is 0 Å². The van der Waals surface area contributed by atoms with E-state index in [0.717, 1.165) is 23.9 Å². The molecular formula is C9H16N4S.